The summed E-state index contributed by atoms with van der Waals surface area (Å²) in [6.07, 6.45) is 5.85. The summed E-state index contributed by atoms with van der Waals surface area (Å²) in [5.74, 6) is -0.952. The van der Waals surface area contributed by atoms with Gasteiger partial charge in [-0.15, -0.1) is 5.10 Å². The molecule has 37 heavy (non-hydrogen) atoms. The molecule has 1 aliphatic carbocycles. The summed E-state index contributed by atoms with van der Waals surface area (Å²) in [6, 6.07) is 10.2. The van der Waals surface area contributed by atoms with Crippen LogP contribution < -0.4 is 4.80 Å². The largest absolute Gasteiger partial charge is 0.465 e. The minimum Gasteiger partial charge on any atom is -0.465 e. The topological polar surface area (TPSA) is 111 Å². The second-order valence-electron chi connectivity index (χ2n) is 8.65. The lowest BCUT2D eigenvalue weighted by molar-refractivity contribution is -0.148. The van der Waals surface area contributed by atoms with Crippen molar-refractivity contribution in [2.75, 3.05) is 26.3 Å². The van der Waals surface area contributed by atoms with Gasteiger partial charge >= 0.3 is 11.9 Å². The van der Waals surface area contributed by atoms with Gasteiger partial charge in [0.2, 0.25) is 9.93 Å². The molecule has 1 saturated carbocycles. The number of esters is 2. The summed E-state index contributed by atoms with van der Waals surface area (Å²) in [4.78, 5) is 34.6. The van der Waals surface area contributed by atoms with Crippen LogP contribution in [0.2, 0.25) is 0 Å². The molecule has 1 aromatic carbocycles. The van der Waals surface area contributed by atoms with Crippen LogP contribution in [-0.4, -0.2) is 70.5 Å². The fourth-order valence-electron chi connectivity index (χ4n) is 3.85. The molecule has 1 aromatic heterocycles. The monoisotopic (exact) mass is 528 g/mol. The molecule has 0 radical (unpaired) electrons. The van der Waals surface area contributed by atoms with Gasteiger partial charge in [0.25, 0.3) is 0 Å². The van der Waals surface area contributed by atoms with Crippen molar-refractivity contribution >= 4 is 39.8 Å². The highest BCUT2D eigenvalue weighted by Crippen LogP contribution is 2.21. The Morgan fingerprint density at radius 3 is 2.22 bits per heavy atom. The van der Waals surface area contributed by atoms with Crippen LogP contribution in [0.25, 0.3) is 5.69 Å². The Labute approximate surface area is 221 Å². The van der Waals surface area contributed by atoms with Gasteiger partial charge in [0, 0.05) is 0 Å². The fraction of sp³-hybridized carbons (Fsp3) is 0.538. The highest BCUT2D eigenvalue weighted by atomic mass is 32.1. The van der Waals surface area contributed by atoms with Crippen molar-refractivity contribution in [2.45, 2.75) is 65.8 Å². The van der Waals surface area contributed by atoms with E-state index in [-0.39, 0.29) is 26.3 Å². The zero-order valence-electron chi connectivity index (χ0n) is 22.1. The van der Waals surface area contributed by atoms with Crippen LogP contribution in [0.3, 0.4) is 0 Å². The van der Waals surface area contributed by atoms with E-state index in [9.17, 15) is 9.59 Å². The second kappa shape index (κ2) is 14.4. The molecular formula is C26H36N6O4S. The zero-order valence-corrected chi connectivity index (χ0v) is 22.9. The Hall–Kier alpha value is -3.34. The van der Waals surface area contributed by atoms with Crippen LogP contribution in [0.1, 0.15) is 59.8 Å². The number of carbonyl (C=O) groups is 2. The number of rotatable bonds is 11. The lowest BCUT2D eigenvalue weighted by Gasteiger charge is -2.18. The Bertz CT molecular complexity index is 1150. The molecular weight excluding hydrogens is 492 g/mol. The van der Waals surface area contributed by atoms with Gasteiger partial charge in [-0.3, -0.25) is 19.6 Å². The molecule has 3 rings (SSSR count). The smallest absolute Gasteiger partial charge is 0.327 e. The predicted molar refractivity (Wildman–Crippen MR) is 145 cm³/mol. The summed E-state index contributed by atoms with van der Waals surface area (Å²) < 4.78 is 11.9. The third-order valence-electron chi connectivity index (χ3n) is 5.73. The van der Waals surface area contributed by atoms with Crippen molar-refractivity contribution in [2.24, 2.45) is 15.1 Å². The number of aromatic nitrogens is 2. The van der Waals surface area contributed by atoms with Crippen molar-refractivity contribution in [3.05, 3.63) is 35.1 Å². The Morgan fingerprint density at radius 1 is 1.00 bits per heavy atom. The Balaban J connectivity index is 1.89. The number of para-hydroxylation sites is 1. The van der Waals surface area contributed by atoms with Gasteiger partial charge in [-0.1, -0.05) is 48.8 Å². The van der Waals surface area contributed by atoms with Crippen molar-refractivity contribution in [1.82, 2.24) is 14.8 Å². The van der Waals surface area contributed by atoms with Crippen molar-refractivity contribution in [3.8, 4) is 5.69 Å². The number of hydrogen-bond donors (Lipinski definition) is 0. The molecule has 0 saturated heterocycles. The van der Waals surface area contributed by atoms with E-state index in [4.69, 9.17) is 24.6 Å². The maximum absolute atomic E-state index is 12.0. The van der Waals surface area contributed by atoms with Gasteiger partial charge in [0.05, 0.1) is 36.4 Å². The molecule has 0 spiro atoms. The summed E-state index contributed by atoms with van der Waals surface area (Å²) >= 11 is 1.43. The number of hydrazone groups is 1. The minimum absolute atomic E-state index is 0.174. The first-order valence-corrected chi connectivity index (χ1v) is 13.6. The van der Waals surface area contributed by atoms with Gasteiger partial charge in [0.1, 0.15) is 13.1 Å². The molecule has 1 aliphatic rings. The molecule has 0 N–H and O–H groups in total. The molecule has 200 valence electrons. The molecule has 0 amide bonds. The Morgan fingerprint density at radius 2 is 1.62 bits per heavy atom. The summed E-state index contributed by atoms with van der Waals surface area (Å²) in [7, 11) is 0. The standard InChI is InChI=1S/C26H36N6O4S/c1-5-35-23(33)17-31(18-24(34)36-6-2)29-20(4)19(3)27-25-30-32(22-15-11-8-12-16-22)26(37-25)28-21-13-9-7-10-14-21/h8,11-12,15-16,21H,5-7,9-10,13-14,17-18H2,1-4H3/b27-19+,28-26?,29-20-. The van der Waals surface area contributed by atoms with E-state index in [0.29, 0.717) is 22.6 Å². The molecule has 2 aromatic rings. The van der Waals surface area contributed by atoms with E-state index < -0.39 is 11.9 Å². The maximum atomic E-state index is 12.0. The van der Waals surface area contributed by atoms with Gasteiger partial charge < -0.3 is 9.47 Å². The normalized spacial score (nSPS) is 15.5. The summed E-state index contributed by atoms with van der Waals surface area (Å²) in [5.41, 5.74) is 2.07. The number of ether oxygens (including phenoxy) is 2. The number of aliphatic imine (C=N–C) groups is 1. The molecule has 1 heterocycles. The van der Waals surface area contributed by atoms with Crippen LogP contribution >= 0.6 is 11.3 Å². The summed E-state index contributed by atoms with van der Waals surface area (Å²) in [6.45, 7) is 7.18. The predicted octanol–water partition coefficient (Wildman–Crippen LogP) is 4.06. The number of hydrogen-bond acceptors (Lipinski definition) is 10. The average Bonchev–Trinajstić information content (AvgIpc) is 3.27. The number of benzene rings is 1. The quantitative estimate of drug-likeness (QED) is 0.247. The van der Waals surface area contributed by atoms with Crippen molar-refractivity contribution < 1.29 is 19.1 Å². The van der Waals surface area contributed by atoms with Gasteiger partial charge in [0.15, 0.2) is 0 Å². The molecule has 10 nitrogen and oxygen atoms in total. The van der Waals surface area contributed by atoms with Crippen LogP contribution in [0.4, 0.5) is 5.13 Å². The van der Waals surface area contributed by atoms with E-state index >= 15 is 0 Å². The second-order valence-corrected chi connectivity index (χ2v) is 9.59. The van der Waals surface area contributed by atoms with Crippen LogP contribution in [0, 0.1) is 0 Å². The molecule has 0 aliphatic heterocycles. The van der Waals surface area contributed by atoms with Crippen LogP contribution in [0.15, 0.2) is 45.4 Å². The average molecular weight is 529 g/mol. The molecule has 0 bridgehead atoms. The first-order valence-electron chi connectivity index (χ1n) is 12.8. The first-order chi connectivity index (χ1) is 17.9. The lowest BCUT2D eigenvalue weighted by atomic mass is 9.96. The van der Waals surface area contributed by atoms with E-state index in [0.717, 1.165) is 23.3 Å². The van der Waals surface area contributed by atoms with Gasteiger partial charge in [-0.2, -0.15) is 5.10 Å². The van der Waals surface area contributed by atoms with E-state index in [2.05, 4.69) is 5.10 Å². The molecule has 0 unspecified atom stereocenters. The fourth-order valence-corrected chi connectivity index (χ4v) is 4.75. The molecule has 1 fully saturated rings. The van der Waals surface area contributed by atoms with Crippen LogP contribution in [0.5, 0.6) is 0 Å². The van der Waals surface area contributed by atoms with E-state index in [1.165, 1.54) is 35.6 Å². The first kappa shape index (κ1) is 28.2. The van der Waals surface area contributed by atoms with E-state index in [1.807, 2.05) is 41.9 Å². The third-order valence-corrected chi connectivity index (χ3v) is 6.55. The van der Waals surface area contributed by atoms with Crippen molar-refractivity contribution in [1.29, 1.82) is 0 Å². The SMILES string of the molecule is CCOC(=O)CN(CC(=O)OCC)/N=C(C)\C(C)=N\c1nn(-c2ccccc2)c(=NC2CCCCC2)s1. The highest BCUT2D eigenvalue weighted by Gasteiger charge is 2.17. The van der Waals surface area contributed by atoms with Gasteiger partial charge in [-0.25, -0.2) is 9.67 Å². The molecule has 11 heteroatoms. The Kier molecular flexibility index (Phi) is 11.0. The highest BCUT2D eigenvalue weighted by molar-refractivity contribution is 7.12. The summed E-state index contributed by atoms with van der Waals surface area (Å²) in [5, 5.41) is 11.1. The maximum Gasteiger partial charge on any atom is 0.327 e. The third kappa shape index (κ3) is 8.92. The van der Waals surface area contributed by atoms with Gasteiger partial charge in [-0.05, 0) is 52.7 Å². The van der Waals surface area contributed by atoms with E-state index in [1.54, 1.807) is 20.8 Å². The van der Waals surface area contributed by atoms with Crippen molar-refractivity contribution in [3.63, 3.8) is 0 Å². The van der Waals surface area contributed by atoms with Crippen LogP contribution in [-0.2, 0) is 19.1 Å². The zero-order chi connectivity index (χ0) is 26.6. The lowest BCUT2D eigenvalue weighted by Crippen LogP contribution is -2.33. The minimum atomic E-state index is -0.476. The number of nitrogens with zero attached hydrogens (tertiary/aromatic N) is 6. The number of carbonyl (C=O) groups excluding carboxylic acids is 2. The molecule has 0 atom stereocenters.